The van der Waals surface area contributed by atoms with Crippen LogP contribution < -0.4 is 10.6 Å². The van der Waals surface area contributed by atoms with Gasteiger partial charge in [0.1, 0.15) is 5.82 Å². The zero-order valence-corrected chi connectivity index (χ0v) is 11.6. The number of halogens is 1. The molecule has 2 N–H and O–H groups in total. The molecular formula is C15H23FN2O. The van der Waals surface area contributed by atoms with Gasteiger partial charge in [0.2, 0.25) is 0 Å². The summed E-state index contributed by atoms with van der Waals surface area (Å²) < 4.78 is 18.6. The quantitative estimate of drug-likeness (QED) is 0.910. The molecule has 0 saturated carbocycles. The van der Waals surface area contributed by atoms with Crippen molar-refractivity contribution in [2.24, 2.45) is 5.73 Å². The van der Waals surface area contributed by atoms with Crippen LogP contribution in [-0.2, 0) is 4.74 Å². The molecular weight excluding hydrogens is 243 g/mol. The van der Waals surface area contributed by atoms with Crippen LogP contribution in [0.5, 0.6) is 0 Å². The lowest BCUT2D eigenvalue weighted by Crippen LogP contribution is -2.54. The number of nitrogens with zero attached hydrogens (tertiary/aromatic N) is 1. The molecule has 1 saturated heterocycles. The van der Waals surface area contributed by atoms with E-state index >= 15 is 0 Å². The van der Waals surface area contributed by atoms with Gasteiger partial charge in [-0.25, -0.2) is 4.39 Å². The van der Waals surface area contributed by atoms with Crippen molar-refractivity contribution in [3.05, 3.63) is 30.1 Å². The van der Waals surface area contributed by atoms with Crippen molar-refractivity contribution < 1.29 is 9.13 Å². The molecule has 0 bridgehead atoms. The molecule has 2 rings (SSSR count). The van der Waals surface area contributed by atoms with Crippen molar-refractivity contribution in [2.75, 3.05) is 31.2 Å². The normalized spacial score (nSPS) is 23.9. The molecule has 0 aromatic heterocycles. The molecule has 19 heavy (non-hydrogen) atoms. The van der Waals surface area contributed by atoms with E-state index in [-0.39, 0.29) is 11.4 Å². The Morgan fingerprint density at radius 3 is 2.63 bits per heavy atom. The summed E-state index contributed by atoms with van der Waals surface area (Å²) in [6.07, 6.45) is 2.97. The van der Waals surface area contributed by atoms with Crippen molar-refractivity contribution in [2.45, 2.75) is 31.7 Å². The van der Waals surface area contributed by atoms with Crippen LogP contribution in [-0.4, -0.2) is 31.8 Å². The fraction of sp³-hybridized carbons (Fsp3) is 0.600. The number of likely N-dealkylation sites (N-methyl/N-ethyl adjacent to an activating group) is 1. The fourth-order valence-electron chi connectivity index (χ4n) is 2.99. The highest BCUT2D eigenvalue weighted by molar-refractivity contribution is 5.49. The molecule has 0 radical (unpaired) electrons. The van der Waals surface area contributed by atoms with Gasteiger partial charge in [0.05, 0.1) is 5.54 Å². The van der Waals surface area contributed by atoms with E-state index in [0.717, 1.165) is 44.7 Å². The van der Waals surface area contributed by atoms with Crippen molar-refractivity contribution in [1.82, 2.24) is 0 Å². The van der Waals surface area contributed by atoms with E-state index in [2.05, 4.69) is 11.8 Å². The Morgan fingerprint density at radius 1 is 1.26 bits per heavy atom. The van der Waals surface area contributed by atoms with E-state index in [1.54, 1.807) is 0 Å². The van der Waals surface area contributed by atoms with Gasteiger partial charge in [-0.15, -0.1) is 0 Å². The van der Waals surface area contributed by atoms with Crippen molar-refractivity contribution in [1.29, 1.82) is 0 Å². The zero-order chi connectivity index (χ0) is 13.7. The summed E-state index contributed by atoms with van der Waals surface area (Å²) in [6, 6.07) is 6.69. The third kappa shape index (κ3) is 3.07. The van der Waals surface area contributed by atoms with Crippen molar-refractivity contribution in [3.63, 3.8) is 0 Å². The minimum Gasteiger partial charge on any atom is -0.381 e. The Hall–Kier alpha value is -1.13. The van der Waals surface area contributed by atoms with Crippen LogP contribution in [0.4, 0.5) is 10.1 Å². The van der Waals surface area contributed by atoms with Crippen molar-refractivity contribution >= 4 is 5.69 Å². The summed E-state index contributed by atoms with van der Waals surface area (Å²) in [4.78, 5) is 2.31. The van der Waals surface area contributed by atoms with Gasteiger partial charge in [-0.1, -0.05) is 0 Å². The summed E-state index contributed by atoms with van der Waals surface area (Å²) in [5, 5.41) is 0. The fourth-order valence-corrected chi connectivity index (χ4v) is 2.99. The van der Waals surface area contributed by atoms with Crippen LogP contribution in [0, 0.1) is 5.82 Å². The topological polar surface area (TPSA) is 38.5 Å². The average Bonchev–Trinajstić information content (AvgIpc) is 2.68. The number of ether oxygens (including phenoxy) is 1. The monoisotopic (exact) mass is 266 g/mol. The van der Waals surface area contributed by atoms with Crippen LogP contribution in [0.25, 0.3) is 0 Å². The van der Waals surface area contributed by atoms with Crippen LogP contribution >= 0.6 is 0 Å². The van der Waals surface area contributed by atoms with Gasteiger partial charge in [0.15, 0.2) is 0 Å². The Labute approximate surface area is 114 Å². The molecule has 0 spiro atoms. The lowest BCUT2D eigenvalue weighted by molar-refractivity contribution is 0.139. The number of hydrogen-bond donors (Lipinski definition) is 1. The molecule has 1 aliphatic rings. The number of nitrogens with two attached hydrogens (primary N) is 1. The maximum atomic E-state index is 13.1. The number of hydrogen-bond acceptors (Lipinski definition) is 3. The summed E-state index contributed by atoms with van der Waals surface area (Å²) in [5.74, 6) is -0.203. The first-order chi connectivity index (χ1) is 9.22. The van der Waals surface area contributed by atoms with Crippen LogP contribution in [0.2, 0.25) is 0 Å². The van der Waals surface area contributed by atoms with E-state index in [1.807, 2.05) is 12.1 Å². The van der Waals surface area contributed by atoms with Gasteiger partial charge in [0.25, 0.3) is 0 Å². The minimum atomic E-state index is -0.203. The number of rotatable bonds is 4. The largest absolute Gasteiger partial charge is 0.381 e. The molecule has 1 unspecified atom stereocenters. The first kappa shape index (κ1) is 14.3. The van der Waals surface area contributed by atoms with Crippen molar-refractivity contribution in [3.8, 4) is 0 Å². The standard InChI is InChI=1S/C15H23FN2O/c1-2-18(14-6-4-13(16)5-7-14)15(12-17)8-3-10-19-11-9-15/h4-7H,2-3,8-12,17H2,1H3. The first-order valence-electron chi connectivity index (χ1n) is 7.03. The number of benzene rings is 1. The maximum absolute atomic E-state index is 13.1. The Bertz CT molecular complexity index is 386. The van der Waals surface area contributed by atoms with Crippen LogP contribution in [0.1, 0.15) is 26.2 Å². The minimum absolute atomic E-state index is 0.0664. The second-order valence-electron chi connectivity index (χ2n) is 5.12. The van der Waals surface area contributed by atoms with Gasteiger partial charge in [-0.2, -0.15) is 0 Å². The lowest BCUT2D eigenvalue weighted by Gasteiger charge is -2.44. The molecule has 1 aliphatic heterocycles. The molecule has 1 aromatic rings. The third-order valence-corrected chi connectivity index (χ3v) is 4.05. The summed E-state index contributed by atoms with van der Waals surface area (Å²) >= 11 is 0. The Balaban J connectivity index is 2.29. The second kappa shape index (κ2) is 6.35. The van der Waals surface area contributed by atoms with Gasteiger partial charge >= 0.3 is 0 Å². The van der Waals surface area contributed by atoms with E-state index in [9.17, 15) is 4.39 Å². The van der Waals surface area contributed by atoms with E-state index in [0.29, 0.717) is 6.54 Å². The number of anilines is 1. The first-order valence-corrected chi connectivity index (χ1v) is 7.03. The zero-order valence-electron chi connectivity index (χ0n) is 11.6. The predicted octanol–water partition coefficient (Wildman–Crippen LogP) is 2.55. The summed E-state index contributed by atoms with van der Waals surface area (Å²) in [7, 11) is 0. The molecule has 4 heteroatoms. The van der Waals surface area contributed by atoms with E-state index in [4.69, 9.17) is 10.5 Å². The SMILES string of the molecule is CCN(c1ccc(F)cc1)C1(CN)CCCOCC1. The van der Waals surface area contributed by atoms with Crippen LogP contribution in [0.15, 0.2) is 24.3 Å². The Morgan fingerprint density at radius 2 is 2.00 bits per heavy atom. The van der Waals surface area contributed by atoms with E-state index in [1.165, 1.54) is 12.1 Å². The highest BCUT2D eigenvalue weighted by Gasteiger charge is 2.35. The molecule has 106 valence electrons. The van der Waals surface area contributed by atoms with Crippen LogP contribution in [0.3, 0.4) is 0 Å². The smallest absolute Gasteiger partial charge is 0.123 e. The molecule has 3 nitrogen and oxygen atoms in total. The molecule has 1 atom stereocenters. The lowest BCUT2D eigenvalue weighted by atomic mass is 9.88. The average molecular weight is 266 g/mol. The molecule has 1 fully saturated rings. The molecule has 1 aromatic carbocycles. The second-order valence-corrected chi connectivity index (χ2v) is 5.12. The third-order valence-electron chi connectivity index (χ3n) is 4.05. The van der Waals surface area contributed by atoms with Gasteiger partial charge < -0.3 is 15.4 Å². The highest BCUT2D eigenvalue weighted by atomic mass is 19.1. The molecule has 0 aliphatic carbocycles. The van der Waals surface area contributed by atoms with Gasteiger partial charge in [-0.05, 0) is 50.5 Å². The molecule has 1 heterocycles. The predicted molar refractivity (Wildman–Crippen MR) is 75.9 cm³/mol. The highest BCUT2D eigenvalue weighted by Crippen LogP contribution is 2.32. The van der Waals surface area contributed by atoms with E-state index < -0.39 is 0 Å². The summed E-state index contributed by atoms with van der Waals surface area (Å²) in [6.45, 7) is 5.13. The van der Waals surface area contributed by atoms with Gasteiger partial charge in [-0.3, -0.25) is 0 Å². The van der Waals surface area contributed by atoms with Gasteiger partial charge in [0, 0.05) is 32.0 Å². The Kier molecular flexibility index (Phi) is 4.77. The summed E-state index contributed by atoms with van der Waals surface area (Å²) in [5.41, 5.74) is 7.05. The molecule has 0 amide bonds. The maximum Gasteiger partial charge on any atom is 0.123 e.